The van der Waals surface area contributed by atoms with Gasteiger partial charge in [-0.1, -0.05) is 59.3 Å². The van der Waals surface area contributed by atoms with Gasteiger partial charge in [-0.25, -0.2) is 0 Å². The van der Waals surface area contributed by atoms with Gasteiger partial charge in [0.1, 0.15) is 11.5 Å². The third-order valence-electron chi connectivity index (χ3n) is 6.81. The quantitative estimate of drug-likeness (QED) is 0.301. The number of rotatable bonds is 7. The van der Waals surface area contributed by atoms with Crippen molar-refractivity contribution in [2.75, 3.05) is 19.6 Å². The van der Waals surface area contributed by atoms with Crippen LogP contribution in [0.1, 0.15) is 41.4 Å². The predicted molar refractivity (Wildman–Crippen MR) is 143 cm³/mol. The van der Waals surface area contributed by atoms with Crippen LogP contribution < -0.4 is 5.32 Å². The molecule has 37 heavy (non-hydrogen) atoms. The van der Waals surface area contributed by atoms with E-state index >= 15 is 0 Å². The van der Waals surface area contributed by atoms with Crippen molar-refractivity contribution in [2.45, 2.75) is 33.2 Å². The molecule has 1 aromatic heterocycles. The number of carbonyl (C=O) groups is 1. The zero-order valence-electron chi connectivity index (χ0n) is 21.1. The van der Waals surface area contributed by atoms with Crippen LogP contribution in [0.5, 0.6) is 11.5 Å². The van der Waals surface area contributed by atoms with Crippen molar-refractivity contribution < 1.29 is 19.5 Å². The molecule has 0 atom stereocenters. The van der Waals surface area contributed by atoms with Crippen LogP contribution >= 0.6 is 0 Å². The number of amides is 1. The van der Waals surface area contributed by atoms with Crippen molar-refractivity contribution in [3.63, 3.8) is 0 Å². The van der Waals surface area contributed by atoms with Gasteiger partial charge in [0.15, 0.2) is 11.5 Å². The number of hydrogen-bond donors (Lipinski definition) is 3. The molecule has 0 bridgehead atoms. The van der Waals surface area contributed by atoms with Gasteiger partial charge in [-0.05, 0) is 62.5 Å². The lowest BCUT2D eigenvalue weighted by Crippen LogP contribution is -2.23. The Morgan fingerprint density at radius 2 is 1.59 bits per heavy atom. The van der Waals surface area contributed by atoms with Crippen molar-refractivity contribution >= 4 is 5.91 Å². The normalized spacial score (nSPS) is 13.7. The van der Waals surface area contributed by atoms with E-state index in [1.54, 1.807) is 6.07 Å². The maximum absolute atomic E-state index is 12.9. The molecule has 0 radical (unpaired) electrons. The molecule has 3 aromatic carbocycles. The molecule has 5 rings (SSSR count). The number of hydrogen-bond acceptors (Lipinski definition) is 6. The van der Waals surface area contributed by atoms with Gasteiger partial charge in [0.05, 0.1) is 11.1 Å². The van der Waals surface area contributed by atoms with Crippen LogP contribution in [0.4, 0.5) is 0 Å². The first-order chi connectivity index (χ1) is 17.9. The van der Waals surface area contributed by atoms with Gasteiger partial charge in [0.2, 0.25) is 0 Å². The first-order valence-corrected chi connectivity index (χ1v) is 12.7. The van der Waals surface area contributed by atoms with E-state index in [9.17, 15) is 15.0 Å². The SMILES string of the molecule is CCNC(=O)c1noc(-c2cc(-c3ccc(C)cc3)c(O)cc2O)c1-c1ccc(CN2CCCC2)cc1. The fourth-order valence-corrected chi connectivity index (χ4v) is 4.84. The third kappa shape index (κ3) is 5.08. The van der Waals surface area contributed by atoms with E-state index in [4.69, 9.17) is 4.52 Å². The van der Waals surface area contributed by atoms with Gasteiger partial charge in [-0.15, -0.1) is 0 Å². The molecule has 1 fully saturated rings. The largest absolute Gasteiger partial charge is 0.507 e. The van der Waals surface area contributed by atoms with Gasteiger partial charge in [-0.2, -0.15) is 0 Å². The molecule has 0 unspecified atom stereocenters. The molecule has 190 valence electrons. The average molecular weight is 498 g/mol. The molecule has 7 nitrogen and oxygen atoms in total. The van der Waals surface area contributed by atoms with Crippen molar-refractivity contribution in [1.82, 2.24) is 15.4 Å². The van der Waals surface area contributed by atoms with E-state index in [0.717, 1.165) is 36.3 Å². The van der Waals surface area contributed by atoms with Crippen molar-refractivity contribution in [3.8, 4) is 45.1 Å². The van der Waals surface area contributed by atoms with Gasteiger partial charge in [-0.3, -0.25) is 9.69 Å². The summed E-state index contributed by atoms with van der Waals surface area (Å²) in [5, 5.41) is 28.3. The highest BCUT2D eigenvalue weighted by Gasteiger charge is 2.27. The lowest BCUT2D eigenvalue weighted by molar-refractivity contribution is 0.0947. The third-order valence-corrected chi connectivity index (χ3v) is 6.81. The second-order valence-electron chi connectivity index (χ2n) is 9.53. The van der Waals surface area contributed by atoms with Crippen LogP contribution in [0.15, 0.2) is 65.2 Å². The standard InChI is InChI=1S/C30H31N3O4/c1-3-31-30(36)28-27(22-12-8-20(9-13-22)18-33-14-4-5-15-33)29(37-32-28)24-16-23(25(34)17-26(24)35)21-10-6-19(2)7-11-21/h6-13,16-17,34-35H,3-5,14-15,18H2,1-2H3,(H,31,36). The number of phenolic OH excluding ortho intramolecular Hbond substituents is 2. The van der Waals surface area contributed by atoms with Gasteiger partial charge in [0.25, 0.3) is 5.91 Å². The van der Waals surface area contributed by atoms with E-state index in [-0.39, 0.29) is 28.9 Å². The minimum Gasteiger partial charge on any atom is -0.507 e. The highest BCUT2D eigenvalue weighted by molar-refractivity contribution is 6.03. The second-order valence-corrected chi connectivity index (χ2v) is 9.53. The maximum atomic E-state index is 12.9. The van der Waals surface area contributed by atoms with Crippen molar-refractivity contribution in [3.05, 3.63) is 77.5 Å². The number of likely N-dealkylation sites (tertiary alicyclic amines) is 1. The summed E-state index contributed by atoms with van der Waals surface area (Å²) in [6.07, 6.45) is 2.47. The Balaban J connectivity index is 1.60. The molecule has 1 aliphatic heterocycles. The summed E-state index contributed by atoms with van der Waals surface area (Å²) in [6, 6.07) is 18.7. The predicted octanol–water partition coefficient (Wildman–Crippen LogP) is 5.74. The molecule has 1 saturated heterocycles. The summed E-state index contributed by atoms with van der Waals surface area (Å²) < 4.78 is 5.71. The van der Waals surface area contributed by atoms with E-state index in [1.807, 2.05) is 50.2 Å². The molecule has 0 spiro atoms. The Morgan fingerprint density at radius 1 is 0.946 bits per heavy atom. The minimum atomic E-state index is -0.356. The summed E-state index contributed by atoms with van der Waals surface area (Å²) in [7, 11) is 0. The second kappa shape index (κ2) is 10.5. The topological polar surface area (TPSA) is 98.8 Å². The van der Waals surface area contributed by atoms with Crippen LogP contribution in [0.25, 0.3) is 33.6 Å². The number of phenols is 2. The van der Waals surface area contributed by atoms with E-state index in [0.29, 0.717) is 23.2 Å². The molecule has 1 amide bonds. The van der Waals surface area contributed by atoms with Crippen LogP contribution in [-0.4, -0.2) is 45.8 Å². The monoisotopic (exact) mass is 497 g/mol. The fraction of sp³-hybridized carbons (Fsp3) is 0.267. The van der Waals surface area contributed by atoms with E-state index in [2.05, 4.69) is 27.5 Å². The molecule has 4 aromatic rings. The number of benzene rings is 3. The Morgan fingerprint density at radius 3 is 2.27 bits per heavy atom. The first kappa shape index (κ1) is 24.6. The van der Waals surface area contributed by atoms with Crippen molar-refractivity contribution in [2.24, 2.45) is 0 Å². The number of nitrogens with zero attached hydrogens (tertiary/aromatic N) is 2. The Labute approximate surface area is 216 Å². The van der Waals surface area contributed by atoms with E-state index < -0.39 is 0 Å². The Kier molecular flexibility index (Phi) is 6.97. The number of aromatic hydroxyl groups is 2. The maximum Gasteiger partial charge on any atom is 0.274 e. The average Bonchev–Trinajstić information content (AvgIpc) is 3.56. The van der Waals surface area contributed by atoms with Crippen LogP contribution in [-0.2, 0) is 6.54 Å². The highest BCUT2D eigenvalue weighted by atomic mass is 16.5. The number of carbonyl (C=O) groups excluding carboxylic acids is 1. The molecule has 7 heteroatoms. The van der Waals surface area contributed by atoms with E-state index in [1.165, 1.54) is 24.5 Å². The molecular formula is C30H31N3O4. The van der Waals surface area contributed by atoms with Gasteiger partial charge < -0.3 is 20.1 Å². The molecule has 2 heterocycles. The summed E-state index contributed by atoms with van der Waals surface area (Å²) in [6.45, 7) is 7.39. The Hall–Kier alpha value is -4.10. The molecule has 0 aliphatic carbocycles. The van der Waals surface area contributed by atoms with Crippen LogP contribution in [0.3, 0.4) is 0 Å². The number of aryl methyl sites for hydroxylation is 1. The summed E-state index contributed by atoms with van der Waals surface area (Å²) in [4.78, 5) is 15.3. The number of nitrogens with one attached hydrogen (secondary N) is 1. The molecular weight excluding hydrogens is 466 g/mol. The molecule has 0 saturated carbocycles. The lowest BCUT2D eigenvalue weighted by atomic mass is 9.94. The van der Waals surface area contributed by atoms with Crippen LogP contribution in [0, 0.1) is 6.92 Å². The number of aromatic nitrogens is 1. The van der Waals surface area contributed by atoms with Crippen molar-refractivity contribution in [1.29, 1.82) is 0 Å². The summed E-state index contributed by atoms with van der Waals surface area (Å²) in [5.74, 6) is -0.315. The minimum absolute atomic E-state index is 0.0543. The lowest BCUT2D eigenvalue weighted by Gasteiger charge is -2.15. The highest BCUT2D eigenvalue weighted by Crippen LogP contribution is 2.44. The van der Waals surface area contributed by atoms with Crippen LogP contribution in [0.2, 0.25) is 0 Å². The summed E-state index contributed by atoms with van der Waals surface area (Å²) in [5.41, 5.74) is 5.36. The zero-order chi connectivity index (χ0) is 25.9. The molecule has 1 aliphatic rings. The first-order valence-electron chi connectivity index (χ1n) is 12.7. The smallest absolute Gasteiger partial charge is 0.274 e. The molecule has 3 N–H and O–H groups in total. The fourth-order valence-electron chi connectivity index (χ4n) is 4.84. The zero-order valence-corrected chi connectivity index (χ0v) is 21.1. The summed E-state index contributed by atoms with van der Waals surface area (Å²) >= 11 is 0. The Bertz CT molecular complexity index is 1400. The van der Waals surface area contributed by atoms with Gasteiger partial charge in [0, 0.05) is 24.7 Å². The van der Waals surface area contributed by atoms with Gasteiger partial charge >= 0.3 is 0 Å².